The molecule has 0 radical (unpaired) electrons. The number of aromatic nitrogens is 2. The lowest BCUT2D eigenvalue weighted by atomic mass is 10.2. The van der Waals surface area contributed by atoms with Crippen molar-refractivity contribution >= 4 is 5.91 Å². The summed E-state index contributed by atoms with van der Waals surface area (Å²) < 4.78 is 6.34. The van der Waals surface area contributed by atoms with Gasteiger partial charge in [0.1, 0.15) is 0 Å². The molecule has 0 aromatic carbocycles. The molecule has 6 heteroatoms. The molecular formula is C10H17N3O3. The van der Waals surface area contributed by atoms with Gasteiger partial charge in [0.05, 0.1) is 24.5 Å². The molecule has 0 fully saturated rings. The molecule has 6 nitrogen and oxygen atoms in total. The Hall–Kier alpha value is -1.40. The first kappa shape index (κ1) is 12.7. The third-order valence-electron chi connectivity index (χ3n) is 2.09. The lowest BCUT2D eigenvalue weighted by Crippen LogP contribution is -2.28. The first-order chi connectivity index (χ1) is 7.63. The van der Waals surface area contributed by atoms with Gasteiger partial charge in [-0.15, -0.1) is 0 Å². The number of hydrogen-bond acceptors (Lipinski definition) is 4. The molecular weight excluding hydrogens is 210 g/mol. The van der Waals surface area contributed by atoms with E-state index in [0.29, 0.717) is 18.5 Å². The number of aliphatic hydroxyl groups excluding tert-OH is 1. The molecule has 0 saturated heterocycles. The fourth-order valence-corrected chi connectivity index (χ4v) is 1.27. The Labute approximate surface area is 94.2 Å². The average molecular weight is 227 g/mol. The molecule has 0 aliphatic rings. The van der Waals surface area contributed by atoms with Crippen LogP contribution in [0.1, 0.15) is 16.8 Å². The Balaban J connectivity index is 2.25. The molecule has 0 aliphatic carbocycles. The average Bonchev–Trinajstić information content (AvgIpc) is 2.65. The van der Waals surface area contributed by atoms with E-state index in [9.17, 15) is 9.90 Å². The van der Waals surface area contributed by atoms with Gasteiger partial charge in [-0.05, 0) is 6.42 Å². The van der Waals surface area contributed by atoms with E-state index in [4.69, 9.17) is 4.74 Å². The Morgan fingerprint density at radius 2 is 2.50 bits per heavy atom. The van der Waals surface area contributed by atoms with Crippen LogP contribution in [-0.2, 0) is 11.8 Å². The van der Waals surface area contributed by atoms with Crippen LogP contribution in [-0.4, -0.2) is 47.2 Å². The van der Waals surface area contributed by atoms with Crippen LogP contribution in [0.5, 0.6) is 0 Å². The number of aliphatic hydroxyl groups is 1. The molecule has 1 aromatic heterocycles. The van der Waals surface area contributed by atoms with Crippen molar-refractivity contribution in [1.29, 1.82) is 0 Å². The summed E-state index contributed by atoms with van der Waals surface area (Å²) in [5, 5.41) is 15.9. The Morgan fingerprint density at radius 1 is 1.75 bits per heavy atom. The number of nitrogens with one attached hydrogen (secondary N) is 1. The summed E-state index contributed by atoms with van der Waals surface area (Å²) in [5.41, 5.74) is 0.517. The van der Waals surface area contributed by atoms with Crippen LogP contribution in [0.3, 0.4) is 0 Å². The second kappa shape index (κ2) is 6.24. The monoisotopic (exact) mass is 227 g/mol. The van der Waals surface area contributed by atoms with Crippen molar-refractivity contribution in [2.75, 3.05) is 20.3 Å². The lowest BCUT2D eigenvalue weighted by molar-refractivity contribution is 0.0587. The van der Waals surface area contributed by atoms with Crippen molar-refractivity contribution < 1.29 is 14.6 Å². The van der Waals surface area contributed by atoms with Crippen LogP contribution in [0.25, 0.3) is 0 Å². The highest BCUT2D eigenvalue weighted by atomic mass is 16.5. The topological polar surface area (TPSA) is 76.4 Å². The number of aryl methyl sites for hydroxylation is 1. The number of ether oxygens (including phenoxy) is 1. The molecule has 0 spiro atoms. The minimum Gasteiger partial charge on any atom is -0.391 e. The predicted octanol–water partition coefficient (Wildman–Crippen LogP) is -0.453. The van der Waals surface area contributed by atoms with E-state index < -0.39 is 6.10 Å². The molecule has 0 aliphatic heterocycles. The minimum atomic E-state index is -0.542. The fourth-order valence-electron chi connectivity index (χ4n) is 1.27. The normalized spacial score (nSPS) is 12.4. The second-order valence-corrected chi connectivity index (χ2v) is 3.56. The summed E-state index contributed by atoms with van der Waals surface area (Å²) in [6.45, 7) is 0.695. The van der Waals surface area contributed by atoms with E-state index in [1.807, 2.05) is 0 Å². The molecule has 1 rings (SSSR count). The van der Waals surface area contributed by atoms with Crippen LogP contribution < -0.4 is 5.32 Å². The Kier molecular flexibility index (Phi) is 4.94. The minimum absolute atomic E-state index is 0.183. The van der Waals surface area contributed by atoms with Crippen LogP contribution in [0.15, 0.2) is 12.4 Å². The smallest absolute Gasteiger partial charge is 0.254 e. The van der Waals surface area contributed by atoms with Gasteiger partial charge in [-0.1, -0.05) is 0 Å². The standard InChI is InChI=1S/C10H17N3O3/c1-13-6-8(5-12-13)10(15)11-4-3-9(14)7-16-2/h5-6,9,14H,3-4,7H2,1-2H3,(H,11,15). The number of rotatable bonds is 6. The molecule has 0 saturated carbocycles. The summed E-state index contributed by atoms with van der Waals surface area (Å²) >= 11 is 0. The molecule has 90 valence electrons. The van der Waals surface area contributed by atoms with E-state index in [2.05, 4.69) is 10.4 Å². The number of amides is 1. The highest BCUT2D eigenvalue weighted by Crippen LogP contribution is 1.96. The Bertz CT molecular complexity index is 338. The van der Waals surface area contributed by atoms with Gasteiger partial charge >= 0.3 is 0 Å². The molecule has 1 unspecified atom stereocenters. The zero-order valence-electron chi connectivity index (χ0n) is 9.51. The van der Waals surface area contributed by atoms with Crippen molar-refractivity contribution in [3.8, 4) is 0 Å². The fraction of sp³-hybridized carbons (Fsp3) is 0.600. The van der Waals surface area contributed by atoms with Crippen LogP contribution in [0, 0.1) is 0 Å². The summed E-state index contributed by atoms with van der Waals surface area (Å²) in [4.78, 5) is 11.5. The van der Waals surface area contributed by atoms with E-state index in [1.165, 1.54) is 13.3 Å². The zero-order valence-corrected chi connectivity index (χ0v) is 9.51. The quantitative estimate of drug-likeness (QED) is 0.690. The molecule has 0 bridgehead atoms. The van der Waals surface area contributed by atoms with Crippen molar-refractivity contribution in [3.63, 3.8) is 0 Å². The highest BCUT2D eigenvalue weighted by Gasteiger charge is 2.08. The van der Waals surface area contributed by atoms with Gasteiger partial charge in [0.25, 0.3) is 5.91 Å². The largest absolute Gasteiger partial charge is 0.391 e. The van der Waals surface area contributed by atoms with Crippen LogP contribution in [0.2, 0.25) is 0 Å². The first-order valence-electron chi connectivity index (χ1n) is 5.07. The molecule has 1 aromatic rings. The van der Waals surface area contributed by atoms with Crippen molar-refractivity contribution in [1.82, 2.24) is 15.1 Å². The van der Waals surface area contributed by atoms with Gasteiger partial charge in [-0.25, -0.2) is 0 Å². The summed E-state index contributed by atoms with van der Waals surface area (Å²) in [6, 6.07) is 0. The van der Waals surface area contributed by atoms with E-state index in [-0.39, 0.29) is 12.5 Å². The van der Waals surface area contributed by atoms with Crippen molar-refractivity contribution in [3.05, 3.63) is 18.0 Å². The predicted molar refractivity (Wildman–Crippen MR) is 58.0 cm³/mol. The van der Waals surface area contributed by atoms with Gasteiger partial charge in [-0.3, -0.25) is 9.48 Å². The van der Waals surface area contributed by atoms with Gasteiger partial charge in [0, 0.05) is 26.9 Å². The summed E-state index contributed by atoms with van der Waals surface area (Å²) in [7, 11) is 3.27. The molecule has 16 heavy (non-hydrogen) atoms. The lowest BCUT2D eigenvalue weighted by Gasteiger charge is -2.09. The van der Waals surface area contributed by atoms with Gasteiger partial charge in [0.15, 0.2) is 0 Å². The third-order valence-corrected chi connectivity index (χ3v) is 2.09. The van der Waals surface area contributed by atoms with Gasteiger partial charge < -0.3 is 15.2 Å². The maximum atomic E-state index is 11.5. The number of nitrogens with zero attached hydrogens (tertiary/aromatic N) is 2. The van der Waals surface area contributed by atoms with E-state index in [0.717, 1.165) is 0 Å². The molecule has 1 atom stereocenters. The van der Waals surface area contributed by atoms with Gasteiger partial charge in [0.2, 0.25) is 0 Å². The SMILES string of the molecule is COCC(O)CCNC(=O)c1cnn(C)c1. The van der Waals surface area contributed by atoms with Crippen LogP contribution in [0.4, 0.5) is 0 Å². The summed E-state index contributed by atoms with van der Waals surface area (Å²) in [6.07, 6.45) is 3.07. The number of carbonyl (C=O) groups excluding carboxylic acids is 1. The summed E-state index contributed by atoms with van der Waals surface area (Å²) in [5.74, 6) is -0.183. The molecule has 2 N–H and O–H groups in total. The number of hydrogen-bond donors (Lipinski definition) is 2. The second-order valence-electron chi connectivity index (χ2n) is 3.56. The number of carbonyl (C=O) groups is 1. The van der Waals surface area contributed by atoms with E-state index >= 15 is 0 Å². The molecule has 1 heterocycles. The van der Waals surface area contributed by atoms with Crippen LogP contribution >= 0.6 is 0 Å². The maximum absolute atomic E-state index is 11.5. The molecule has 1 amide bonds. The zero-order chi connectivity index (χ0) is 12.0. The van der Waals surface area contributed by atoms with Crippen molar-refractivity contribution in [2.45, 2.75) is 12.5 Å². The number of methoxy groups -OCH3 is 1. The van der Waals surface area contributed by atoms with Crippen molar-refractivity contribution in [2.24, 2.45) is 7.05 Å². The maximum Gasteiger partial charge on any atom is 0.254 e. The third kappa shape index (κ3) is 4.00. The first-order valence-corrected chi connectivity index (χ1v) is 5.07. The Morgan fingerprint density at radius 3 is 3.06 bits per heavy atom. The van der Waals surface area contributed by atoms with Gasteiger partial charge in [-0.2, -0.15) is 5.10 Å². The van der Waals surface area contributed by atoms with E-state index in [1.54, 1.807) is 17.9 Å². The highest BCUT2D eigenvalue weighted by molar-refractivity contribution is 5.93.